The number of carbonyl (C=O) groups is 2. The third kappa shape index (κ3) is 6.40. The van der Waals surface area contributed by atoms with E-state index >= 15 is 0 Å². The predicted molar refractivity (Wildman–Crippen MR) is 130 cm³/mol. The first-order valence-corrected chi connectivity index (χ1v) is 11.8. The van der Waals surface area contributed by atoms with Crippen LogP contribution in [0.3, 0.4) is 0 Å². The summed E-state index contributed by atoms with van der Waals surface area (Å²) in [7, 11) is 0. The van der Waals surface area contributed by atoms with Crippen molar-refractivity contribution in [2.45, 2.75) is 40.2 Å². The molecular weight excluding hydrogens is 454 g/mol. The summed E-state index contributed by atoms with van der Waals surface area (Å²) in [5.74, 6) is 0.895. The van der Waals surface area contributed by atoms with E-state index in [0.29, 0.717) is 43.6 Å². The molecule has 0 bridgehead atoms. The van der Waals surface area contributed by atoms with Crippen molar-refractivity contribution in [1.29, 1.82) is 0 Å². The lowest BCUT2D eigenvalue weighted by Gasteiger charge is -2.31. The van der Waals surface area contributed by atoms with Gasteiger partial charge in [0.25, 0.3) is 11.6 Å². The van der Waals surface area contributed by atoms with Crippen molar-refractivity contribution in [2.24, 2.45) is 0 Å². The standard InChI is InChI=1S/C25H31N3O7/c1-4-11-26(15-18-7-9-22(34-12-5-2)23(13-18)33-6-3)24(29)16-27-20-14-19(28(31)32)8-10-21(20)35-17-25(27)30/h7-10,13-14H,4-6,11-12,15-17H2,1-3H3. The maximum atomic E-state index is 13.3. The smallest absolute Gasteiger partial charge is 0.271 e. The Hall–Kier alpha value is -3.82. The Balaban J connectivity index is 1.81. The molecule has 35 heavy (non-hydrogen) atoms. The summed E-state index contributed by atoms with van der Waals surface area (Å²) >= 11 is 0. The van der Waals surface area contributed by atoms with Gasteiger partial charge in [0.15, 0.2) is 18.1 Å². The van der Waals surface area contributed by atoms with E-state index in [1.165, 1.54) is 23.1 Å². The van der Waals surface area contributed by atoms with Gasteiger partial charge in [-0.25, -0.2) is 0 Å². The maximum absolute atomic E-state index is 13.3. The highest BCUT2D eigenvalue weighted by molar-refractivity contribution is 6.02. The van der Waals surface area contributed by atoms with Gasteiger partial charge in [0.2, 0.25) is 5.91 Å². The number of nitrogens with zero attached hydrogens (tertiary/aromatic N) is 3. The van der Waals surface area contributed by atoms with Crippen LogP contribution in [0.5, 0.6) is 17.2 Å². The number of amides is 2. The molecular formula is C25H31N3O7. The first kappa shape index (κ1) is 25.8. The Bertz CT molecular complexity index is 1070. The van der Waals surface area contributed by atoms with E-state index in [-0.39, 0.29) is 30.4 Å². The summed E-state index contributed by atoms with van der Waals surface area (Å²) in [6.45, 7) is 7.27. The van der Waals surface area contributed by atoms with Crippen molar-refractivity contribution in [3.63, 3.8) is 0 Å². The van der Waals surface area contributed by atoms with Gasteiger partial charge in [-0.2, -0.15) is 0 Å². The van der Waals surface area contributed by atoms with Crippen molar-refractivity contribution in [3.8, 4) is 17.2 Å². The Labute approximate surface area is 204 Å². The zero-order valence-electron chi connectivity index (χ0n) is 20.3. The molecule has 0 saturated carbocycles. The van der Waals surface area contributed by atoms with Crippen LogP contribution in [0.1, 0.15) is 39.2 Å². The molecule has 2 aromatic carbocycles. The fraction of sp³-hybridized carbons (Fsp3) is 0.440. The third-order valence-corrected chi connectivity index (χ3v) is 5.38. The first-order chi connectivity index (χ1) is 16.9. The number of nitro groups is 1. The number of carbonyl (C=O) groups excluding carboxylic acids is 2. The lowest BCUT2D eigenvalue weighted by molar-refractivity contribution is -0.384. The van der Waals surface area contributed by atoms with Gasteiger partial charge in [-0.05, 0) is 43.5 Å². The fourth-order valence-corrected chi connectivity index (χ4v) is 3.75. The zero-order chi connectivity index (χ0) is 25.4. The zero-order valence-corrected chi connectivity index (χ0v) is 20.3. The normalized spacial score (nSPS) is 12.5. The average molecular weight is 486 g/mol. The summed E-state index contributed by atoms with van der Waals surface area (Å²) < 4.78 is 16.9. The van der Waals surface area contributed by atoms with E-state index in [1.54, 1.807) is 4.90 Å². The number of non-ortho nitro benzene ring substituents is 1. The van der Waals surface area contributed by atoms with Gasteiger partial charge in [0, 0.05) is 25.2 Å². The van der Waals surface area contributed by atoms with Crippen LogP contribution < -0.4 is 19.1 Å². The second kappa shape index (κ2) is 12.0. The van der Waals surface area contributed by atoms with Gasteiger partial charge < -0.3 is 19.1 Å². The molecule has 0 aromatic heterocycles. The topological polar surface area (TPSA) is 111 Å². The second-order valence-electron chi connectivity index (χ2n) is 8.06. The second-order valence-corrected chi connectivity index (χ2v) is 8.06. The number of ether oxygens (including phenoxy) is 3. The van der Waals surface area contributed by atoms with Crippen molar-refractivity contribution in [1.82, 2.24) is 4.90 Å². The van der Waals surface area contributed by atoms with Crippen molar-refractivity contribution >= 4 is 23.2 Å². The van der Waals surface area contributed by atoms with Crippen LogP contribution >= 0.6 is 0 Å². The summed E-state index contributed by atoms with van der Waals surface area (Å²) in [5, 5.41) is 11.2. The van der Waals surface area contributed by atoms with E-state index in [9.17, 15) is 19.7 Å². The van der Waals surface area contributed by atoms with Crippen molar-refractivity contribution in [2.75, 3.05) is 37.8 Å². The molecule has 0 saturated heterocycles. The van der Waals surface area contributed by atoms with Gasteiger partial charge in [-0.15, -0.1) is 0 Å². The molecule has 10 heteroatoms. The molecule has 1 aliphatic heterocycles. The minimum atomic E-state index is -0.549. The van der Waals surface area contributed by atoms with E-state index in [1.807, 2.05) is 39.0 Å². The minimum Gasteiger partial charge on any atom is -0.490 e. The molecule has 3 rings (SSSR count). The molecule has 0 radical (unpaired) electrons. The highest BCUT2D eigenvalue weighted by Crippen LogP contribution is 2.35. The molecule has 0 N–H and O–H groups in total. The number of hydrogen-bond acceptors (Lipinski definition) is 7. The summed E-state index contributed by atoms with van der Waals surface area (Å²) in [6, 6.07) is 9.60. The summed E-state index contributed by atoms with van der Waals surface area (Å²) in [4.78, 5) is 39.5. The van der Waals surface area contributed by atoms with E-state index in [2.05, 4.69) is 0 Å². The molecule has 0 atom stereocenters. The number of fused-ring (bicyclic) bond motifs is 1. The highest BCUT2D eigenvalue weighted by Gasteiger charge is 2.30. The van der Waals surface area contributed by atoms with Crippen LogP contribution in [-0.4, -0.2) is 54.5 Å². The van der Waals surface area contributed by atoms with Crippen molar-refractivity contribution < 1.29 is 28.7 Å². The average Bonchev–Trinajstić information content (AvgIpc) is 2.84. The molecule has 0 aliphatic carbocycles. The number of hydrogen-bond donors (Lipinski definition) is 0. The molecule has 0 fully saturated rings. The molecule has 1 aliphatic rings. The minimum absolute atomic E-state index is 0.182. The van der Waals surface area contributed by atoms with Crippen LogP contribution in [0.2, 0.25) is 0 Å². The first-order valence-electron chi connectivity index (χ1n) is 11.8. The number of rotatable bonds is 12. The van der Waals surface area contributed by atoms with Crippen molar-refractivity contribution in [3.05, 3.63) is 52.1 Å². The maximum Gasteiger partial charge on any atom is 0.271 e. The predicted octanol–water partition coefficient (Wildman–Crippen LogP) is 3.95. The fourth-order valence-electron chi connectivity index (χ4n) is 3.75. The van der Waals surface area contributed by atoms with Gasteiger partial charge in [0.1, 0.15) is 12.3 Å². The van der Waals surface area contributed by atoms with Crippen LogP contribution in [0.15, 0.2) is 36.4 Å². The Kier molecular flexibility index (Phi) is 8.88. The van der Waals surface area contributed by atoms with Crippen LogP contribution in [0.4, 0.5) is 11.4 Å². The Morgan fingerprint density at radius 1 is 1.11 bits per heavy atom. The van der Waals surface area contributed by atoms with Crippen LogP contribution in [0, 0.1) is 10.1 Å². The summed E-state index contributed by atoms with van der Waals surface area (Å²) in [6.07, 6.45) is 1.60. The number of benzene rings is 2. The quantitative estimate of drug-likeness (QED) is 0.331. The van der Waals surface area contributed by atoms with Gasteiger partial charge in [-0.1, -0.05) is 19.9 Å². The molecule has 2 aromatic rings. The third-order valence-electron chi connectivity index (χ3n) is 5.38. The Morgan fingerprint density at radius 2 is 1.91 bits per heavy atom. The molecule has 10 nitrogen and oxygen atoms in total. The lowest BCUT2D eigenvalue weighted by atomic mass is 10.1. The van der Waals surface area contributed by atoms with E-state index in [4.69, 9.17) is 14.2 Å². The van der Waals surface area contributed by atoms with Crippen LogP contribution in [-0.2, 0) is 16.1 Å². The van der Waals surface area contributed by atoms with Gasteiger partial charge in [0.05, 0.1) is 23.8 Å². The van der Waals surface area contributed by atoms with Gasteiger partial charge >= 0.3 is 0 Å². The highest BCUT2D eigenvalue weighted by atomic mass is 16.6. The molecule has 2 amide bonds. The molecule has 0 unspecified atom stereocenters. The number of nitro benzene ring substituents is 1. The lowest BCUT2D eigenvalue weighted by Crippen LogP contribution is -2.46. The monoisotopic (exact) mass is 485 g/mol. The number of anilines is 1. The van der Waals surface area contributed by atoms with Crippen LogP contribution in [0.25, 0.3) is 0 Å². The SMILES string of the molecule is CCCOc1ccc(CN(CCC)C(=O)CN2C(=O)COc3ccc([N+](=O)[O-])cc32)cc1OCC. The molecule has 0 spiro atoms. The molecule has 1 heterocycles. The van der Waals surface area contributed by atoms with E-state index < -0.39 is 10.8 Å². The summed E-state index contributed by atoms with van der Waals surface area (Å²) in [5.41, 5.74) is 0.901. The largest absolute Gasteiger partial charge is 0.490 e. The van der Waals surface area contributed by atoms with E-state index in [0.717, 1.165) is 18.4 Å². The Morgan fingerprint density at radius 3 is 2.60 bits per heavy atom. The molecule has 188 valence electrons. The van der Waals surface area contributed by atoms with Gasteiger partial charge in [-0.3, -0.25) is 24.6 Å².